The fourth-order valence-electron chi connectivity index (χ4n) is 3.28. The van der Waals surface area contributed by atoms with Crippen LogP contribution in [0.4, 0.5) is 0 Å². The number of aliphatic hydroxyl groups excluding tert-OH is 1. The van der Waals surface area contributed by atoms with Crippen molar-refractivity contribution in [2.75, 3.05) is 7.11 Å². The molecule has 1 saturated carbocycles. The molecule has 1 N–H and O–H groups in total. The van der Waals surface area contributed by atoms with E-state index in [4.69, 9.17) is 4.74 Å². The lowest BCUT2D eigenvalue weighted by atomic mass is 9.76. The van der Waals surface area contributed by atoms with Crippen LogP contribution in [-0.2, 0) is 6.42 Å². The smallest absolute Gasteiger partial charge is 0.119 e. The second-order valence-electron chi connectivity index (χ2n) is 5.93. The highest BCUT2D eigenvalue weighted by atomic mass is 79.9. The molecule has 112 valence electrons. The maximum absolute atomic E-state index is 10.6. The van der Waals surface area contributed by atoms with Gasteiger partial charge in [-0.15, -0.1) is 0 Å². The highest BCUT2D eigenvalue weighted by molar-refractivity contribution is 9.10. The summed E-state index contributed by atoms with van der Waals surface area (Å²) in [6, 6.07) is 5.96. The van der Waals surface area contributed by atoms with Crippen LogP contribution in [0.3, 0.4) is 0 Å². The molecule has 0 radical (unpaired) electrons. The molecular formula is C17H25BrO2. The molecule has 1 fully saturated rings. The van der Waals surface area contributed by atoms with E-state index in [0.717, 1.165) is 21.7 Å². The number of halogens is 1. The Bertz CT molecular complexity index is 433. The summed E-state index contributed by atoms with van der Waals surface area (Å²) in [5.74, 6) is 2.11. The largest absolute Gasteiger partial charge is 0.497 e. The number of ether oxygens (including phenoxy) is 1. The van der Waals surface area contributed by atoms with Crippen molar-refractivity contribution < 1.29 is 9.84 Å². The Hall–Kier alpha value is -0.540. The van der Waals surface area contributed by atoms with E-state index in [2.05, 4.69) is 22.9 Å². The molecule has 0 saturated heterocycles. The molecule has 0 heterocycles. The first-order valence-electron chi connectivity index (χ1n) is 7.64. The zero-order valence-corrected chi connectivity index (χ0v) is 14.0. The summed E-state index contributed by atoms with van der Waals surface area (Å²) >= 11 is 3.57. The van der Waals surface area contributed by atoms with E-state index in [9.17, 15) is 5.11 Å². The van der Waals surface area contributed by atoms with Crippen LogP contribution < -0.4 is 4.74 Å². The fourth-order valence-corrected chi connectivity index (χ4v) is 3.69. The van der Waals surface area contributed by atoms with Crippen LogP contribution in [0.25, 0.3) is 0 Å². The first-order valence-corrected chi connectivity index (χ1v) is 8.43. The lowest BCUT2D eigenvalue weighted by molar-refractivity contribution is 0.0683. The summed E-state index contributed by atoms with van der Waals surface area (Å²) in [6.45, 7) is 2.26. The topological polar surface area (TPSA) is 29.5 Å². The molecule has 0 bridgehead atoms. The molecule has 3 atom stereocenters. The summed E-state index contributed by atoms with van der Waals surface area (Å²) in [7, 11) is 1.68. The molecule has 0 amide bonds. The standard InChI is InChI=1S/C17H25BrO2/c1-3-12-5-4-6-13(9-12)17(19)11-14-10-15(20-2)7-8-16(14)18/h7-8,10,12-13,17,19H,3-6,9,11H2,1-2H3. The van der Waals surface area contributed by atoms with E-state index >= 15 is 0 Å². The van der Waals surface area contributed by atoms with Crippen molar-refractivity contribution >= 4 is 15.9 Å². The minimum atomic E-state index is -0.243. The number of benzene rings is 1. The lowest BCUT2D eigenvalue weighted by Crippen LogP contribution is -2.28. The van der Waals surface area contributed by atoms with E-state index in [1.807, 2.05) is 18.2 Å². The summed E-state index contributed by atoms with van der Waals surface area (Å²) in [5.41, 5.74) is 1.13. The highest BCUT2D eigenvalue weighted by Gasteiger charge is 2.27. The summed E-state index contributed by atoms with van der Waals surface area (Å²) in [5, 5.41) is 10.6. The van der Waals surface area contributed by atoms with Crippen LogP contribution in [0.5, 0.6) is 5.75 Å². The van der Waals surface area contributed by atoms with Gasteiger partial charge in [-0.25, -0.2) is 0 Å². The van der Waals surface area contributed by atoms with Crippen molar-refractivity contribution in [2.45, 2.75) is 51.6 Å². The van der Waals surface area contributed by atoms with Gasteiger partial charge in [0.2, 0.25) is 0 Å². The molecule has 0 spiro atoms. The predicted octanol–water partition coefficient (Wildman–Crippen LogP) is 4.58. The Balaban J connectivity index is 2.01. The number of aliphatic hydroxyl groups is 1. The summed E-state index contributed by atoms with van der Waals surface area (Å²) in [4.78, 5) is 0. The molecule has 1 aromatic rings. The van der Waals surface area contributed by atoms with E-state index in [-0.39, 0.29) is 6.10 Å². The molecular weight excluding hydrogens is 316 g/mol. The third kappa shape index (κ3) is 3.98. The number of methoxy groups -OCH3 is 1. The molecule has 20 heavy (non-hydrogen) atoms. The van der Waals surface area contributed by atoms with Crippen molar-refractivity contribution in [3.8, 4) is 5.75 Å². The quantitative estimate of drug-likeness (QED) is 0.850. The van der Waals surface area contributed by atoms with Crippen LogP contribution >= 0.6 is 15.9 Å². The monoisotopic (exact) mass is 340 g/mol. The molecule has 1 aliphatic carbocycles. The van der Waals surface area contributed by atoms with Crippen LogP contribution in [0, 0.1) is 11.8 Å². The zero-order valence-electron chi connectivity index (χ0n) is 12.4. The van der Waals surface area contributed by atoms with Crippen LogP contribution in [0.1, 0.15) is 44.6 Å². The van der Waals surface area contributed by atoms with E-state index in [0.29, 0.717) is 12.3 Å². The Morgan fingerprint density at radius 2 is 2.20 bits per heavy atom. The Labute approximate surface area is 130 Å². The van der Waals surface area contributed by atoms with Gasteiger partial charge in [0.25, 0.3) is 0 Å². The SMILES string of the molecule is CCC1CCCC(C(O)Cc2cc(OC)ccc2Br)C1. The van der Waals surface area contributed by atoms with Gasteiger partial charge in [0, 0.05) is 4.47 Å². The van der Waals surface area contributed by atoms with Crippen molar-refractivity contribution in [1.29, 1.82) is 0 Å². The number of rotatable bonds is 5. The normalized spacial score (nSPS) is 24.4. The van der Waals surface area contributed by atoms with Crippen molar-refractivity contribution in [3.05, 3.63) is 28.2 Å². The van der Waals surface area contributed by atoms with Gasteiger partial charge < -0.3 is 9.84 Å². The maximum Gasteiger partial charge on any atom is 0.119 e. The van der Waals surface area contributed by atoms with Gasteiger partial charge in [-0.05, 0) is 54.9 Å². The third-order valence-electron chi connectivity index (χ3n) is 4.63. The van der Waals surface area contributed by atoms with Gasteiger partial charge in [-0.1, -0.05) is 42.1 Å². The van der Waals surface area contributed by atoms with E-state index in [1.165, 1.54) is 32.1 Å². The van der Waals surface area contributed by atoms with E-state index < -0.39 is 0 Å². The van der Waals surface area contributed by atoms with Gasteiger partial charge in [0.1, 0.15) is 5.75 Å². The third-order valence-corrected chi connectivity index (χ3v) is 5.40. The molecule has 3 heteroatoms. The van der Waals surface area contributed by atoms with Crippen molar-refractivity contribution in [3.63, 3.8) is 0 Å². The van der Waals surface area contributed by atoms with Crippen LogP contribution in [0.15, 0.2) is 22.7 Å². The van der Waals surface area contributed by atoms with Gasteiger partial charge >= 0.3 is 0 Å². The Kier molecular flexibility index (Phi) is 5.91. The molecule has 1 aliphatic rings. The Morgan fingerprint density at radius 1 is 1.40 bits per heavy atom. The van der Waals surface area contributed by atoms with E-state index in [1.54, 1.807) is 7.11 Å². The lowest BCUT2D eigenvalue weighted by Gasteiger charge is -2.32. The molecule has 0 aliphatic heterocycles. The minimum Gasteiger partial charge on any atom is -0.497 e. The average molecular weight is 341 g/mol. The van der Waals surface area contributed by atoms with Crippen LogP contribution in [0.2, 0.25) is 0 Å². The molecule has 1 aromatic carbocycles. The summed E-state index contributed by atoms with van der Waals surface area (Å²) < 4.78 is 6.32. The first kappa shape index (κ1) is 15.8. The summed E-state index contributed by atoms with van der Waals surface area (Å²) in [6.07, 6.45) is 6.65. The van der Waals surface area contributed by atoms with Crippen molar-refractivity contribution in [2.24, 2.45) is 11.8 Å². The highest BCUT2D eigenvalue weighted by Crippen LogP contribution is 2.34. The fraction of sp³-hybridized carbons (Fsp3) is 0.647. The van der Waals surface area contributed by atoms with Gasteiger partial charge in [-0.2, -0.15) is 0 Å². The zero-order chi connectivity index (χ0) is 14.5. The second-order valence-corrected chi connectivity index (χ2v) is 6.78. The van der Waals surface area contributed by atoms with Gasteiger partial charge in [0.05, 0.1) is 13.2 Å². The first-order chi connectivity index (χ1) is 9.63. The average Bonchev–Trinajstić information content (AvgIpc) is 2.49. The van der Waals surface area contributed by atoms with Crippen molar-refractivity contribution in [1.82, 2.24) is 0 Å². The predicted molar refractivity (Wildman–Crippen MR) is 86.1 cm³/mol. The molecule has 0 aromatic heterocycles. The number of hydrogen-bond acceptors (Lipinski definition) is 2. The Morgan fingerprint density at radius 3 is 2.90 bits per heavy atom. The van der Waals surface area contributed by atoms with Gasteiger partial charge in [0.15, 0.2) is 0 Å². The number of hydrogen-bond donors (Lipinski definition) is 1. The minimum absolute atomic E-state index is 0.243. The molecule has 2 nitrogen and oxygen atoms in total. The second kappa shape index (κ2) is 7.46. The van der Waals surface area contributed by atoms with Gasteiger partial charge in [-0.3, -0.25) is 0 Å². The maximum atomic E-state index is 10.6. The molecule has 3 unspecified atom stereocenters. The van der Waals surface area contributed by atoms with Crippen LogP contribution in [-0.4, -0.2) is 18.3 Å². The molecule has 2 rings (SSSR count).